The Hall–Kier alpha value is -2.04. The first-order valence-electron chi connectivity index (χ1n) is 9.11. The fraction of sp³-hybridized carbons (Fsp3) is 0.579. The van der Waals surface area contributed by atoms with Gasteiger partial charge in [0.15, 0.2) is 0 Å². The van der Waals surface area contributed by atoms with Crippen molar-refractivity contribution < 1.29 is 9.59 Å². The van der Waals surface area contributed by atoms with Crippen molar-refractivity contribution in [2.24, 2.45) is 5.92 Å². The van der Waals surface area contributed by atoms with Crippen LogP contribution in [0, 0.1) is 5.92 Å². The molecule has 1 saturated heterocycles. The quantitative estimate of drug-likeness (QED) is 0.923. The Balaban J connectivity index is 1.58. The lowest BCUT2D eigenvalue weighted by molar-refractivity contribution is -0.132. The van der Waals surface area contributed by atoms with Gasteiger partial charge in [0.2, 0.25) is 5.91 Å². The van der Waals surface area contributed by atoms with E-state index in [1.165, 1.54) is 5.56 Å². The molecular formula is C19H27N3O2. The lowest BCUT2D eigenvalue weighted by atomic mass is 10.1. The van der Waals surface area contributed by atoms with Gasteiger partial charge in [-0.3, -0.25) is 4.79 Å². The van der Waals surface area contributed by atoms with Crippen molar-refractivity contribution in [3.05, 3.63) is 29.8 Å². The second-order valence-corrected chi connectivity index (χ2v) is 6.78. The molecule has 1 saturated carbocycles. The Labute approximate surface area is 144 Å². The Kier molecular flexibility index (Phi) is 5.38. The van der Waals surface area contributed by atoms with E-state index in [1.807, 2.05) is 28.0 Å². The maximum Gasteiger partial charge on any atom is 0.321 e. The molecule has 1 heterocycles. The molecule has 1 aliphatic heterocycles. The topological polar surface area (TPSA) is 52.7 Å². The minimum atomic E-state index is -0.0562. The van der Waals surface area contributed by atoms with Crippen molar-refractivity contribution in [3.63, 3.8) is 0 Å². The van der Waals surface area contributed by atoms with E-state index in [0.717, 1.165) is 44.3 Å². The monoisotopic (exact) mass is 329 g/mol. The average molecular weight is 329 g/mol. The van der Waals surface area contributed by atoms with E-state index in [0.29, 0.717) is 19.6 Å². The predicted octanol–water partition coefficient (Wildman–Crippen LogP) is 3.12. The molecule has 0 unspecified atom stereocenters. The molecule has 1 aromatic rings. The number of nitrogens with zero attached hydrogens (tertiary/aromatic N) is 2. The summed E-state index contributed by atoms with van der Waals surface area (Å²) in [6.07, 6.45) is 4.93. The fourth-order valence-electron chi connectivity index (χ4n) is 3.25. The highest BCUT2D eigenvalue weighted by Crippen LogP contribution is 2.31. The third kappa shape index (κ3) is 4.08. The molecule has 3 rings (SSSR count). The maximum atomic E-state index is 12.6. The number of para-hydroxylation sites is 1. The molecule has 0 radical (unpaired) electrons. The highest BCUT2D eigenvalue weighted by atomic mass is 16.2. The van der Waals surface area contributed by atoms with E-state index in [2.05, 4.69) is 18.3 Å². The molecule has 5 nitrogen and oxygen atoms in total. The molecule has 3 amide bonds. The highest BCUT2D eigenvalue weighted by molar-refractivity contribution is 5.90. The normalized spacial score (nSPS) is 18.2. The van der Waals surface area contributed by atoms with Crippen molar-refractivity contribution in [1.29, 1.82) is 0 Å². The minimum Gasteiger partial charge on any atom is -0.341 e. The van der Waals surface area contributed by atoms with Crippen molar-refractivity contribution in [1.82, 2.24) is 9.80 Å². The summed E-state index contributed by atoms with van der Waals surface area (Å²) in [6, 6.07) is 7.93. The number of hydrogen-bond donors (Lipinski definition) is 1. The van der Waals surface area contributed by atoms with Crippen molar-refractivity contribution >= 4 is 17.6 Å². The van der Waals surface area contributed by atoms with Gasteiger partial charge in [0, 0.05) is 37.8 Å². The zero-order valence-electron chi connectivity index (χ0n) is 14.5. The van der Waals surface area contributed by atoms with Gasteiger partial charge in [0.05, 0.1) is 0 Å². The van der Waals surface area contributed by atoms with Crippen LogP contribution in [0.15, 0.2) is 24.3 Å². The lowest BCUT2D eigenvalue weighted by Crippen LogP contribution is -2.39. The molecule has 0 bridgehead atoms. The van der Waals surface area contributed by atoms with Crippen LogP contribution >= 0.6 is 0 Å². The van der Waals surface area contributed by atoms with Crippen LogP contribution in [0.5, 0.6) is 0 Å². The number of hydrogen-bond acceptors (Lipinski definition) is 2. The zero-order valence-corrected chi connectivity index (χ0v) is 14.5. The number of carbonyl (C=O) groups is 2. The van der Waals surface area contributed by atoms with Crippen molar-refractivity contribution in [2.45, 2.75) is 39.0 Å². The lowest BCUT2D eigenvalue weighted by Gasteiger charge is -2.23. The van der Waals surface area contributed by atoms with Gasteiger partial charge < -0.3 is 15.1 Å². The van der Waals surface area contributed by atoms with Gasteiger partial charge in [-0.15, -0.1) is 0 Å². The molecular weight excluding hydrogens is 302 g/mol. The van der Waals surface area contributed by atoms with Gasteiger partial charge in [-0.05, 0) is 37.3 Å². The Bertz CT molecular complexity index is 598. The van der Waals surface area contributed by atoms with E-state index < -0.39 is 0 Å². The number of urea groups is 1. The van der Waals surface area contributed by atoms with Crippen LogP contribution in [0.1, 0.15) is 38.2 Å². The summed E-state index contributed by atoms with van der Waals surface area (Å²) in [5.41, 5.74) is 2.08. The van der Waals surface area contributed by atoms with Crippen LogP contribution in [-0.2, 0) is 11.2 Å². The van der Waals surface area contributed by atoms with Gasteiger partial charge in [-0.1, -0.05) is 31.5 Å². The van der Waals surface area contributed by atoms with E-state index in [4.69, 9.17) is 0 Å². The molecule has 130 valence electrons. The zero-order chi connectivity index (χ0) is 16.9. The Morgan fingerprint density at radius 1 is 1.08 bits per heavy atom. The average Bonchev–Trinajstić information content (AvgIpc) is 3.43. The number of nitrogens with one attached hydrogen (secondary N) is 1. The van der Waals surface area contributed by atoms with Gasteiger partial charge in [-0.2, -0.15) is 0 Å². The molecule has 24 heavy (non-hydrogen) atoms. The number of amides is 3. The number of rotatable bonds is 4. The first kappa shape index (κ1) is 16.8. The third-order valence-corrected chi connectivity index (χ3v) is 4.80. The van der Waals surface area contributed by atoms with Crippen LogP contribution in [0.4, 0.5) is 10.5 Å². The van der Waals surface area contributed by atoms with E-state index in [9.17, 15) is 9.59 Å². The number of carbonyl (C=O) groups excluding carboxylic acids is 2. The fourth-order valence-corrected chi connectivity index (χ4v) is 3.25. The van der Waals surface area contributed by atoms with Crippen LogP contribution < -0.4 is 5.32 Å². The highest BCUT2D eigenvalue weighted by Gasteiger charge is 2.34. The third-order valence-electron chi connectivity index (χ3n) is 4.80. The minimum absolute atomic E-state index is 0.0562. The van der Waals surface area contributed by atoms with Crippen LogP contribution in [-0.4, -0.2) is 47.9 Å². The number of aryl methyl sites for hydroxylation is 1. The summed E-state index contributed by atoms with van der Waals surface area (Å²) in [5.74, 6) is 0.539. The SMILES string of the molecule is CCCc1ccccc1NC(=O)N1CCCN(C(=O)C2CC2)CC1. The smallest absolute Gasteiger partial charge is 0.321 e. The molecule has 1 aliphatic carbocycles. The molecule has 0 atom stereocenters. The van der Waals surface area contributed by atoms with Gasteiger partial charge in [0.1, 0.15) is 0 Å². The summed E-state index contributed by atoms with van der Waals surface area (Å²) in [7, 11) is 0. The second kappa shape index (κ2) is 7.69. The van der Waals surface area contributed by atoms with Crippen molar-refractivity contribution in [3.8, 4) is 0 Å². The summed E-state index contributed by atoms with van der Waals surface area (Å²) in [4.78, 5) is 28.6. The van der Waals surface area contributed by atoms with E-state index in [-0.39, 0.29) is 17.9 Å². The summed E-state index contributed by atoms with van der Waals surface area (Å²) in [6.45, 7) is 4.88. The molecule has 1 N–H and O–H groups in total. The summed E-state index contributed by atoms with van der Waals surface area (Å²) in [5, 5.41) is 3.06. The first-order chi connectivity index (χ1) is 11.7. The molecule has 5 heteroatoms. The molecule has 2 aliphatic rings. The van der Waals surface area contributed by atoms with Crippen LogP contribution in [0.25, 0.3) is 0 Å². The van der Waals surface area contributed by atoms with Gasteiger partial charge in [-0.25, -0.2) is 4.79 Å². The first-order valence-corrected chi connectivity index (χ1v) is 9.11. The number of anilines is 1. The second-order valence-electron chi connectivity index (χ2n) is 6.78. The van der Waals surface area contributed by atoms with E-state index >= 15 is 0 Å². The molecule has 0 spiro atoms. The van der Waals surface area contributed by atoms with Crippen LogP contribution in [0.2, 0.25) is 0 Å². The molecule has 2 fully saturated rings. The van der Waals surface area contributed by atoms with Gasteiger partial charge in [0.25, 0.3) is 0 Å². The number of benzene rings is 1. The standard InChI is InChI=1S/C19H27N3O2/c1-2-6-15-7-3-4-8-17(15)20-19(24)22-12-5-11-21(13-14-22)18(23)16-9-10-16/h3-4,7-8,16H,2,5-6,9-14H2,1H3,(H,20,24). The molecule has 0 aromatic heterocycles. The van der Waals surface area contributed by atoms with Crippen LogP contribution in [0.3, 0.4) is 0 Å². The summed E-state index contributed by atoms with van der Waals surface area (Å²) < 4.78 is 0. The van der Waals surface area contributed by atoms with Gasteiger partial charge >= 0.3 is 6.03 Å². The Morgan fingerprint density at radius 2 is 1.79 bits per heavy atom. The maximum absolute atomic E-state index is 12.6. The Morgan fingerprint density at radius 3 is 2.54 bits per heavy atom. The largest absolute Gasteiger partial charge is 0.341 e. The molecule has 1 aromatic carbocycles. The predicted molar refractivity (Wildman–Crippen MR) is 94.9 cm³/mol. The van der Waals surface area contributed by atoms with Crippen molar-refractivity contribution in [2.75, 3.05) is 31.5 Å². The summed E-state index contributed by atoms with van der Waals surface area (Å²) >= 11 is 0. The van der Waals surface area contributed by atoms with E-state index in [1.54, 1.807) is 0 Å².